The summed E-state index contributed by atoms with van der Waals surface area (Å²) in [6.07, 6.45) is 2.09. The molecule has 0 aliphatic carbocycles. The van der Waals surface area contributed by atoms with Gasteiger partial charge in [-0.25, -0.2) is 4.98 Å². The van der Waals surface area contributed by atoms with Gasteiger partial charge in [-0.3, -0.25) is 9.78 Å². The monoisotopic (exact) mass is 213 g/mol. The molecule has 1 amide bonds. The molecule has 76 valence electrons. The van der Waals surface area contributed by atoms with Crippen molar-refractivity contribution >= 4 is 17.5 Å². The van der Waals surface area contributed by atoms with Crippen molar-refractivity contribution in [1.29, 1.82) is 0 Å². The summed E-state index contributed by atoms with van der Waals surface area (Å²) >= 11 is 5.84. The van der Waals surface area contributed by atoms with Gasteiger partial charge in [-0.1, -0.05) is 25.4 Å². The number of aromatic nitrogens is 2. The Morgan fingerprint density at radius 3 is 2.71 bits per heavy atom. The molecule has 2 N–H and O–H groups in total. The molecule has 0 unspecified atom stereocenters. The molecule has 0 fully saturated rings. The van der Waals surface area contributed by atoms with E-state index in [-0.39, 0.29) is 10.8 Å². The topological polar surface area (TPSA) is 68.9 Å². The number of nitrogens with zero attached hydrogens (tertiary/aromatic N) is 2. The first-order chi connectivity index (χ1) is 6.50. The van der Waals surface area contributed by atoms with Gasteiger partial charge < -0.3 is 5.73 Å². The van der Waals surface area contributed by atoms with Crippen molar-refractivity contribution in [3.8, 4) is 0 Å². The Morgan fingerprint density at radius 2 is 2.29 bits per heavy atom. The summed E-state index contributed by atoms with van der Waals surface area (Å²) in [6, 6.07) is 0. The molecule has 0 saturated heterocycles. The van der Waals surface area contributed by atoms with E-state index in [1.807, 2.05) is 0 Å². The first-order valence-electron chi connectivity index (χ1n) is 4.32. The first-order valence-corrected chi connectivity index (χ1v) is 4.69. The molecule has 0 bridgehead atoms. The van der Waals surface area contributed by atoms with Crippen molar-refractivity contribution in [2.24, 2.45) is 11.7 Å². The lowest BCUT2D eigenvalue weighted by Gasteiger charge is -2.05. The predicted octanol–water partition coefficient (Wildman–Crippen LogP) is 1.43. The quantitative estimate of drug-likeness (QED) is 0.826. The van der Waals surface area contributed by atoms with E-state index < -0.39 is 5.91 Å². The fraction of sp³-hybridized carbons (Fsp3) is 0.444. The zero-order valence-corrected chi connectivity index (χ0v) is 8.88. The van der Waals surface area contributed by atoms with E-state index >= 15 is 0 Å². The van der Waals surface area contributed by atoms with Crippen LogP contribution in [0.15, 0.2) is 6.20 Å². The highest BCUT2D eigenvalue weighted by atomic mass is 35.5. The van der Waals surface area contributed by atoms with Crippen LogP contribution in [0.3, 0.4) is 0 Å². The minimum atomic E-state index is -0.615. The van der Waals surface area contributed by atoms with E-state index in [0.717, 1.165) is 6.42 Å². The molecule has 1 rings (SSSR count). The summed E-state index contributed by atoms with van der Waals surface area (Å²) in [7, 11) is 0. The van der Waals surface area contributed by atoms with Gasteiger partial charge in [-0.05, 0) is 12.3 Å². The maximum Gasteiger partial charge on any atom is 0.268 e. The van der Waals surface area contributed by atoms with Crippen molar-refractivity contribution < 1.29 is 4.79 Å². The molecule has 1 aromatic heterocycles. The number of hydrogen-bond donors (Lipinski definition) is 1. The maximum absolute atomic E-state index is 10.7. The van der Waals surface area contributed by atoms with Gasteiger partial charge >= 0.3 is 0 Å². The second-order valence-corrected chi connectivity index (χ2v) is 3.81. The summed E-state index contributed by atoms with van der Waals surface area (Å²) in [5.74, 6) is -0.170. The van der Waals surface area contributed by atoms with Crippen LogP contribution < -0.4 is 5.73 Å². The highest BCUT2D eigenvalue weighted by molar-refractivity contribution is 6.30. The minimum Gasteiger partial charge on any atom is -0.364 e. The third-order valence-corrected chi connectivity index (χ3v) is 1.96. The van der Waals surface area contributed by atoms with Gasteiger partial charge in [0.25, 0.3) is 5.91 Å². The van der Waals surface area contributed by atoms with Gasteiger partial charge in [-0.2, -0.15) is 0 Å². The van der Waals surface area contributed by atoms with Crippen LogP contribution in [-0.2, 0) is 6.42 Å². The summed E-state index contributed by atoms with van der Waals surface area (Å²) in [5, 5.41) is 0.259. The average Bonchev–Trinajstić information content (AvgIpc) is 2.07. The number of amides is 1. The van der Waals surface area contributed by atoms with Crippen molar-refractivity contribution in [1.82, 2.24) is 9.97 Å². The van der Waals surface area contributed by atoms with Gasteiger partial charge in [0.05, 0.1) is 11.9 Å². The highest BCUT2D eigenvalue weighted by Crippen LogP contribution is 2.14. The second-order valence-electron chi connectivity index (χ2n) is 3.45. The molecule has 0 aromatic carbocycles. The molecular formula is C9H12ClN3O. The summed E-state index contributed by atoms with van der Waals surface area (Å²) in [5.41, 5.74) is 5.83. The van der Waals surface area contributed by atoms with Crippen LogP contribution in [0.1, 0.15) is 30.0 Å². The molecule has 0 spiro atoms. The Bertz CT molecular complexity index is 352. The third kappa shape index (κ3) is 2.67. The Kier molecular flexibility index (Phi) is 3.41. The van der Waals surface area contributed by atoms with Crippen molar-refractivity contribution in [2.45, 2.75) is 20.3 Å². The number of rotatable bonds is 3. The minimum absolute atomic E-state index is 0.0995. The zero-order chi connectivity index (χ0) is 10.7. The number of halogens is 1. The Labute approximate surface area is 87.5 Å². The smallest absolute Gasteiger partial charge is 0.268 e. The SMILES string of the molecule is CC(C)Cc1ncc(C(N)=O)nc1Cl. The summed E-state index contributed by atoms with van der Waals surface area (Å²) in [4.78, 5) is 18.6. The Morgan fingerprint density at radius 1 is 1.64 bits per heavy atom. The van der Waals surface area contributed by atoms with Crippen LogP contribution in [0.4, 0.5) is 0 Å². The van der Waals surface area contributed by atoms with E-state index in [1.54, 1.807) is 0 Å². The molecule has 5 heteroatoms. The van der Waals surface area contributed by atoms with Crippen LogP contribution in [0.25, 0.3) is 0 Å². The van der Waals surface area contributed by atoms with E-state index in [4.69, 9.17) is 17.3 Å². The molecule has 0 radical (unpaired) electrons. The molecule has 1 aromatic rings. The van der Waals surface area contributed by atoms with Gasteiger partial charge in [0.2, 0.25) is 0 Å². The molecule has 14 heavy (non-hydrogen) atoms. The predicted molar refractivity (Wildman–Crippen MR) is 54.1 cm³/mol. The maximum atomic E-state index is 10.7. The number of nitrogens with two attached hydrogens (primary N) is 1. The van der Waals surface area contributed by atoms with Gasteiger partial charge in [0.1, 0.15) is 5.69 Å². The van der Waals surface area contributed by atoms with E-state index in [9.17, 15) is 4.79 Å². The fourth-order valence-electron chi connectivity index (χ4n) is 1.03. The molecule has 1 heterocycles. The van der Waals surface area contributed by atoms with Crippen LogP contribution in [0.2, 0.25) is 5.15 Å². The van der Waals surface area contributed by atoms with Gasteiger partial charge in [-0.15, -0.1) is 0 Å². The summed E-state index contributed by atoms with van der Waals surface area (Å²) < 4.78 is 0. The third-order valence-electron chi connectivity index (χ3n) is 1.65. The van der Waals surface area contributed by atoms with Crippen molar-refractivity contribution in [2.75, 3.05) is 0 Å². The second kappa shape index (κ2) is 4.37. The normalized spacial score (nSPS) is 10.6. The van der Waals surface area contributed by atoms with E-state index in [1.165, 1.54) is 6.20 Å². The van der Waals surface area contributed by atoms with E-state index in [0.29, 0.717) is 11.6 Å². The first kappa shape index (κ1) is 10.9. The lowest BCUT2D eigenvalue weighted by molar-refractivity contribution is 0.0995. The largest absolute Gasteiger partial charge is 0.364 e. The zero-order valence-electron chi connectivity index (χ0n) is 8.12. The fourth-order valence-corrected chi connectivity index (χ4v) is 1.25. The molecule has 0 atom stereocenters. The van der Waals surface area contributed by atoms with Crippen molar-refractivity contribution in [3.05, 3.63) is 22.7 Å². The molecular weight excluding hydrogens is 202 g/mol. The lowest BCUT2D eigenvalue weighted by atomic mass is 10.1. The number of hydrogen-bond acceptors (Lipinski definition) is 3. The van der Waals surface area contributed by atoms with E-state index in [2.05, 4.69) is 23.8 Å². The molecule has 0 saturated carbocycles. The summed E-state index contributed by atoms with van der Waals surface area (Å²) in [6.45, 7) is 4.11. The van der Waals surface area contributed by atoms with Crippen LogP contribution in [0, 0.1) is 5.92 Å². The van der Waals surface area contributed by atoms with Gasteiger partial charge in [0, 0.05) is 0 Å². The number of primary amides is 1. The Balaban J connectivity index is 2.95. The van der Waals surface area contributed by atoms with Crippen LogP contribution in [0.5, 0.6) is 0 Å². The van der Waals surface area contributed by atoms with Crippen LogP contribution in [-0.4, -0.2) is 15.9 Å². The number of carbonyl (C=O) groups is 1. The molecule has 0 aliphatic heterocycles. The molecule has 4 nitrogen and oxygen atoms in total. The highest BCUT2D eigenvalue weighted by Gasteiger charge is 2.09. The van der Waals surface area contributed by atoms with Crippen LogP contribution >= 0.6 is 11.6 Å². The standard InChI is InChI=1S/C9H12ClN3O/c1-5(2)3-6-8(10)13-7(4-12-6)9(11)14/h4-5H,3H2,1-2H3,(H2,11,14). The van der Waals surface area contributed by atoms with Crippen molar-refractivity contribution in [3.63, 3.8) is 0 Å². The van der Waals surface area contributed by atoms with Gasteiger partial charge in [0.15, 0.2) is 5.15 Å². The lowest BCUT2D eigenvalue weighted by Crippen LogP contribution is -2.14. The Hall–Kier alpha value is -1.16. The molecule has 0 aliphatic rings. The number of carbonyl (C=O) groups excluding carboxylic acids is 1. The average molecular weight is 214 g/mol.